The smallest absolute Gasteiger partial charge is 0.407 e. The molecule has 4 rings (SSSR count). The molecular formula is C28H34N2O5. The second-order valence-corrected chi connectivity index (χ2v) is 10.1. The molecule has 1 fully saturated rings. The van der Waals surface area contributed by atoms with E-state index in [0.717, 1.165) is 12.8 Å². The van der Waals surface area contributed by atoms with Gasteiger partial charge in [0.2, 0.25) is 5.91 Å². The number of aliphatic carboxylic acids is 1. The Morgan fingerprint density at radius 3 is 2.26 bits per heavy atom. The number of hydrogen-bond donors (Lipinski definition) is 2. The molecule has 0 radical (unpaired) electrons. The zero-order valence-corrected chi connectivity index (χ0v) is 20.5. The SMILES string of the molecule is CC1(C)CCN(C(=O)CCCCCNC(=O)OCC2c3ccccc3-c3ccccc32)C1C(=O)O. The minimum atomic E-state index is -0.937. The van der Waals surface area contributed by atoms with Crippen LogP contribution in [0.2, 0.25) is 0 Å². The fourth-order valence-electron chi connectivity index (χ4n) is 5.39. The molecule has 1 heterocycles. The van der Waals surface area contributed by atoms with Crippen molar-refractivity contribution in [2.75, 3.05) is 19.7 Å². The van der Waals surface area contributed by atoms with Crippen LogP contribution in [0.5, 0.6) is 0 Å². The van der Waals surface area contributed by atoms with Crippen molar-refractivity contribution < 1.29 is 24.2 Å². The van der Waals surface area contributed by atoms with Crippen molar-refractivity contribution in [1.82, 2.24) is 10.2 Å². The van der Waals surface area contributed by atoms with Crippen molar-refractivity contribution in [3.8, 4) is 11.1 Å². The Bertz CT molecular complexity index is 1050. The number of carbonyl (C=O) groups is 3. The monoisotopic (exact) mass is 478 g/mol. The van der Waals surface area contributed by atoms with Crippen LogP contribution < -0.4 is 5.32 Å². The molecule has 7 nitrogen and oxygen atoms in total. The van der Waals surface area contributed by atoms with Crippen molar-refractivity contribution in [2.45, 2.75) is 57.9 Å². The van der Waals surface area contributed by atoms with E-state index in [1.807, 2.05) is 38.1 Å². The largest absolute Gasteiger partial charge is 0.480 e. The second-order valence-electron chi connectivity index (χ2n) is 10.1. The first-order valence-electron chi connectivity index (χ1n) is 12.4. The normalized spacial score (nSPS) is 18.1. The molecule has 186 valence electrons. The lowest BCUT2D eigenvalue weighted by Crippen LogP contribution is -2.46. The molecule has 2 amide bonds. The molecule has 0 aromatic heterocycles. The van der Waals surface area contributed by atoms with Gasteiger partial charge in [0, 0.05) is 25.4 Å². The fraction of sp³-hybridized carbons (Fsp3) is 0.464. The van der Waals surface area contributed by atoms with Crippen molar-refractivity contribution >= 4 is 18.0 Å². The van der Waals surface area contributed by atoms with E-state index in [2.05, 4.69) is 29.6 Å². The first-order valence-corrected chi connectivity index (χ1v) is 12.4. The van der Waals surface area contributed by atoms with Crippen LogP contribution in [0.25, 0.3) is 11.1 Å². The molecule has 1 aliphatic carbocycles. The summed E-state index contributed by atoms with van der Waals surface area (Å²) in [4.78, 5) is 37.9. The van der Waals surface area contributed by atoms with E-state index >= 15 is 0 Å². The fourth-order valence-corrected chi connectivity index (χ4v) is 5.39. The van der Waals surface area contributed by atoms with Gasteiger partial charge < -0.3 is 20.1 Å². The van der Waals surface area contributed by atoms with Crippen LogP contribution in [0.1, 0.15) is 63.0 Å². The van der Waals surface area contributed by atoms with E-state index in [1.165, 1.54) is 27.2 Å². The number of amides is 2. The van der Waals surface area contributed by atoms with Gasteiger partial charge in [0.15, 0.2) is 0 Å². The maximum absolute atomic E-state index is 12.5. The maximum Gasteiger partial charge on any atom is 0.407 e. The van der Waals surface area contributed by atoms with Gasteiger partial charge in [-0.05, 0) is 46.9 Å². The van der Waals surface area contributed by atoms with E-state index < -0.39 is 23.5 Å². The minimum absolute atomic E-state index is 0.0318. The number of unbranched alkanes of at least 4 members (excludes halogenated alkanes) is 2. The maximum atomic E-state index is 12.5. The number of likely N-dealkylation sites (tertiary alicyclic amines) is 1. The Hall–Kier alpha value is -3.35. The summed E-state index contributed by atoms with van der Waals surface area (Å²) in [5, 5.41) is 12.3. The van der Waals surface area contributed by atoms with Crippen molar-refractivity contribution in [1.29, 1.82) is 0 Å². The Labute approximate surface area is 206 Å². The molecule has 2 aromatic carbocycles. The van der Waals surface area contributed by atoms with E-state index in [0.29, 0.717) is 32.4 Å². The Morgan fingerprint density at radius 2 is 1.63 bits per heavy atom. The molecule has 0 bridgehead atoms. The number of fused-ring (bicyclic) bond motifs is 3. The first kappa shape index (κ1) is 24.8. The predicted octanol–water partition coefficient (Wildman–Crippen LogP) is 4.80. The summed E-state index contributed by atoms with van der Waals surface area (Å²) in [6.07, 6.45) is 2.74. The zero-order chi connectivity index (χ0) is 25.0. The zero-order valence-electron chi connectivity index (χ0n) is 20.5. The van der Waals surface area contributed by atoms with Gasteiger partial charge in [-0.25, -0.2) is 9.59 Å². The number of nitrogens with one attached hydrogen (secondary N) is 1. The van der Waals surface area contributed by atoms with Crippen molar-refractivity contribution in [2.24, 2.45) is 5.41 Å². The highest BCUT2D eigenvalue weighted by Crippen LogP contribution is 2.44. The third-order valence-electron chi connectivity index (χ3n) is 7.28. The average Bonchev–Trinajstić information content (AvgIpc) is 3.33. The van der Waals surface area contributed by atoms with Gasteiger partial charge in [0.05, 0.1) is 0 Å². The van der Waals surface area contributed by atoms with E-state index in [4.69, 9.17) is 4.74 Å². The average molecular weight is 479 g/mol. The van der Waals surface area contributed by atoms with Crippen molar-refractivity contribution in [3.05, 3.63) is 59.7 Å². The molecule has 35 heavy (non-hydrogen) atoms. The Balaban J connectivity index is 1.16. The number of rotatable bonds is 9. The van der Waals surface area contributed by atoms with Gasteiger partial charge >= 0.3 is 12.1 Å². The van der Waals surface area contributed by atoms with Crippen LogP contribution in [0.4, 0.5) is 4.79 Å². The first-order chi connectivity index (χ1) is 16.8. The summed E-state index contributed by atoms with van der Waals surface area (Å²) in [5.41, 5.74) is 4.34. The Morgan fingerprint density at radius 1 is 1.00 bits per heavy atom. The molecule has 2 N–H and O–H groups in total. The number of ether oxygens (including phenoxy) is 1. The van der Waals surface area contributed by atoms with Gasteiger partial charge in [-0.1, -0.05) is 68.8 Å². The van der Waals surface area contributed by atoms with Gasteiger partial charge in [0.1, 0.15) is 12.6 Å². The molecule has 1 aliphatic heterocycles. The summed E-state index contributed by atoms with van der Waals surface area (Å²) in [6.45, 7) is 5.04. The highest BCUT2D eigenvalue weighted by atomic mass is 16.5. The number of hydrogen-bond acceptors (Lipinski definition) is 4. The third kappa shape index (κ3) is 5.34. The molecule has 7 heteroatoms. The van der Waals surface area contributed by atoms with Crippen LogP contribution >= 0.6 is 0 Å². The number of carboxylic acid groups (broad SMARTS) is 1. The van der Waals surface area contributed by atoms with Gasteiger partial charge in [0.25, 0.3) is 0 Å². The lowest BCUT2D eigenvalue weighted by atomic mass is 9.85. The van der Waals surface area contributed by atoms with Gasteiger partial charge in [-0.2, -0.15) is 0 Å². The van der Waals surface area contributed by atoms with Crippen LogP contribution in [0.15, 0.2) is 48.5 Å². The number of nitrogens with zero attached hydrogens (tertiary/aromatic N) is 1. The lowest BCUT2D eigenvalue weighted by molar-refractivity contribution is -0.151. The molecule has 1 unspecified atom stereocenters. The predicted molar refractivity (Wildman–Crippen MR) is 133 cm³/mol. The van der Waals surface area contributed by atoms with E-state index in [1.54, 1.807) is 0 Å². The number of carbonyl (C=O) groups excluding carboxylic acids is 2. The highest BCUT2D eigenvalue weighted by Gasteiger charge is 2.46. The van der Waals surface area contributed by atoms with E-state index in [-0.39, 0.29) is 18.4 Å². The molecule has 1 atom stereocenters. The summed E-state index contributed by atoms with van der Waals surface area (Å²) in [5.74, 6) is -1.01. The highest BCUT2D eigenvalue weighted by molar-refractivity contribution is 5.85. The number of carboxylic acids is 1. The quantitative estimate of drug-likeness (QED) is 0.505. The number of benzene rings is 2. The van der Waals surface area contributed by atoms with E-state index in [9.17, 15) is 19.5 Å². The molecule has 0 spiro atoms. The standard InChI is InChI=1S/C28H34N2O5/c1-28(2)15-17-30(25(28)26(32)33)24(31)14-4-3-9-16-29-27(34)35-18-23-21-12-7-5-10-19(21)20-11-6-8-13-22(20)23/h5-8,10-13,23,25H,3-4,9,14-18H2,1-2H3,(H,29,34)(H,32,33). The molecule has 2 aromatic rings. The summed E-state index contributed by atoms with van der Waals surface area (Å²) < 4.78 is 5.54. The molecule has 1 saturated heterocycles. The minimum Gasteiger partial charge on any atom is -0.480 e. The van der Waals surface area contributed by atoms with Gasteiger partial charge in [-0.3, -0.25) is 4.79 Å². The van der Waals surface area contributed by atoms with Crippen LogP contribution in [0.3, 0.4) is 0 Å². The molecule has 0 saturated carbocycles. The van der Waals surface area contributed by atoms with Crippen LogP contribution in [-0.4, -0.2) is 53.7 Å². The van der Waals surface area contributed by atoms with Crippen LogP contribution in [-0.2, 0) is 14.3 Å². The Kier molecular flexibility index (Phi) is 7.43. The molecular weight excluding hydrogens is 444 g/mol. The summed E-state index contributed by atoms with van der Waals surface area (Å²) in [6, 6.07) is 15.7. The topological polar surface area (TPSA) is 95.9 Å². The molecule has 2 aliphatic rings. The lowest BCUT2D eigenvalue weighted by Gasteiger charge is -2.29. The number of alkyl carbamates (subject to hydrolysis) is 1. The van der Waals surface area contributed by atoms with Gasteiger partial charge in [-0.15, -0.1) is 0 Å². The summed E-state index contributed by atoms with van der Waals surface area (Å²) in [7, 11) is 0. The summed E-state index contributed by atoms with van der Waals surface area (Å²) >= 11 is 0. The van der Waals surface area contributed by atoms with Crippen molar-refractivity contribution in [3.63, 3.8) is 0 Å². The van der Waals surface area contributed by atoms with Crippen LogP contribution in [0, 0.1) is 5.41 Å². The third-order valence-corrected chi connectivity index (χ3v) is 7.28. The second kappa shape index (κ2) is 10.5.